The quantitative estimate of drug-likeness (QED) is 0.580. The van der Waals surface area contributed by atoms with Crippen molar-refractivity contribution in [3.8, 4) is 5.75 Å². The second kappa shape index (κ2) is 10.7. The van der Waals surface area contributed by atoms with E-state index in [2.05, 4.69) is 75.2 Å². The van der Waals surface area contributed by atoms with Crippen molar-refractivity contribution in [1.29, 1.82) is 0 Å². The normalized spacial score (nSPS) is 23.5. The monoisotopic (exact) mass is 498 g/mol. The third-order valence-corrected chi connectivity index (χ3v) is 8.15. The van der Waals surface area contributed by atoms with Crippen molar-refractivity contribution in [2.45, 2.75) is 37.9 Å². The number of aromatic nitrogens is 1. The fourth-order valence-electron chi connectivity index (χ4n) is 6.18. The molecule has 0 bridgehead atoms. The summed E-state index contributed by atoms with van der Waals surface area (Å²) < 4.78 is 5.53. The molecule has 37 heavy (non-hydrogen) atoms. The Labute approximate surface area is 220 Å². The maximum absolute atomic E-state index is 5.53. The molecule has 0 N–H and O–H groups in total. The van der Waals surface area contributed by atoms with Crippen molar-refractivity contribution in [2.75, 3.05) is 53.4 Å². The minimum atomic E-state index is 0.216. The van der Waals surface area contributed by atoms with Gasteiger partial charge in [0.1, 0.15) is 17.4 Å². The van der Waals surface area contributed by atoms with Crippen LogP contribution in [0.15, 0.2) is 71.6 Å². The number of hydrogen-bond acceptors (Lipinski definition) is 7. The van der Waals surface area contributed by atoms with Crippen LogP contribution in [0.1, 0.15) is 35.7 Å². The predicted molar refractivity (Wildman–Crippen MR) is 148 cm³/mol. The lowest BCUT2D eigenvalue weighted by atomic mass is 9.90. The van der Waals surface area contributed by atoms with Gasteiger partial charge in [-0.25, -0.2) is 0 Å². The van der Waals surface area contributed by atoms with Crippen LogP contribution in [0.4, 0.5) is 0 Å². The van der Waals surface area contributed by atoms with E-state index in [9.17, 15) is 0 Å². The number of amidine groups is 1. The summed E-state index contributed by atoms with van der Waals surface area (Å²) in [5.74, 6) is 3.32. The number of hydrogen-bond donors (Lipinski definition) is 0. The number of benzene rings is 1. The van der Waals surface area contributed by atoms with Gasteiger partial charge in [0.25, 0.3) is 0 Å². The SMILES string of the molecule is COc1cccc(CN(CC2CN3C(N4CCN(C)CC4)=CC=CC3=N2)[C@H]2CCCc3cccnc32)c1. The Morgan fingerprint density at radius 3 is 2.86 bits per heavy atom. The number of methoxy groups -OCH3 is 1. The van der Waals surface area contributed by atoms with Crippen LogP contribution >= 0.6 is 0 Å². The highest BCUT2D eigenvalue weighted by Crippen LogP contribution is 2.35. The fraction of sp³-hybridized carbons (Fsp3) is 0.467. The van der Waals surface area contributed by atoms with Crippen molar-refractivity contribution in [1.82, 2.24) is 24.6 Å². The summed E-state index contributed by atoms with van der Waals surface area (Å²) in [6.07, 6.45) is 12.0. The highest BCUT2D eigenvalue weighted by atomic mass is 16.5. The van der Waals surface area contributed by atoms with Gasteiger partial charge in [-0.15, -0.1) is 0 Å². The minimum absolute atomic E-state index is 0.216. The number of aryl methyl sites for hydroxylation is 1. The molecule has 194 valence electrons. The first kappa shape index (κ1) is 24.2. The van der Waals surface area contributed by atoms with Gasteiger partial charge < -0.3 is 19.4 Å². The smallest absolute Gasteiger partial charge is 0.129 e. The molecule has 4 aliphatic rings. The number of rotatable bonds is 7. The zero-order valence-electron chi connectivity index (χ0n) is 22.1. The third-order valence-electron chi connectivity index (χ3n) is 8.15. The van der Waals surface area contributed by atoms with E-state index in [0.29, 0.717) is 6.04 Å². The van der Waals surface area contributed by atoms with Gasteiger partial charge in [-0.05, 0) is 67.8 Å². The molecule has 1 saturated heterocycles. The number of aliphatic imine (C=N–C) groups is 1. The Hall–Kier alpha value is -3.16. The highest BCUT2D eigenvalue weighted by Gasteiger charge is 2.35. The first-order valence-electron chi connectivity index (χ1n) is 13.7. The molecule has 7 nitrogen and oxygen atoms in total. The molecule has 4 heterocycles. The largest absolute Gasteiger partial charge is 0.497 e. The average molecular weight is 499 g/mol. The maximum atomic E-state index is 5.53. The fourth-order valence-corrected chi connectivity index (χ4v) is 6.18. The van der Waals surface area contributed by atoms with Gasteiger partial charge in [-0.2, -0.15) is 0 Å². The Balaban J connectivity index is 1.24. The van der Waals surface area contributed by atoms with E-state index in [1.807, 2.05) is 12.3 Å². The molecule has 6 rings (SSSR count). The van der Waals surface area contributed by atoms with Gasteiger partial charge in [-0.3, -0.25) is 14.9 Å². The van der Waals surface area contributed by atoms with Crippen LogP contribution in [-0.4, -0.2) is 89.9 Å². The molecule has 1 unspecified atom stereocenters. The zero-order chi connectivity index (χ0) is 25.2. The van der Waals surface area contributed by atoms with Crippen LogP contribution in [0.5, 0.6) is 5.75 Å². The molecular formula is C30H38N6O. The molecule has 7 heteroatoms. The molecule has 0 radical (unpaired) electrons. The molecule has 1 aromatic carbocycles. The second-order valence-electron chi connectivity index (χ2n) is 10.7. The maximum Gasteiger partial charge on any atom is 0.129 e. The first-order chi connectivity index (χ1) is 18.2. The number of piperazine rings is 1. The van der Waals surface area contributed by atoms with E-state index < -0.39 is 0 Å². The van der Waals surface area contributed by atoms with E-state index in [-0.39, 0.29) is 6.04 Å². The van der Waals surface area contributed by atoms with E-state index in [1.165, 1.54) is 29.1 Å². The number of allylic oxidation sites excluding steroid dienone is 2. The lowest BCUT2D eigenvalue weighted by Gasteiger charge is -2.40. The van der Waals surface area contributed by atoms with E-state index in [4.69, 9.17) is 14.7 Å². The minimum Gasteiger partial charge on any atom is -0.497 e. The molecule has 2 aromatic rings. The molecule has 0 amide bonds. The summed E-state index contributed by atoms with van der Waals surface area (Å²) in [7, 11) is 3.95. The topological polar surface area (TPSA) is 47.4 Å². The molecule has 1 aliphatic carbocycles. The lowest BCUT2D eigenvalue weighted by Crippen LogP contribution is -2.48. The summed E-state index contributed by atoms with van der Waals surface area (Å²) >= 11 is 0. The lowest BCUT2D eigenvalue weighted by molar-refractivity contribution is 0.144. The van der Waals surface area contributed by atoms with Gasteiger partial charge in [0, 0.05) is 52.0 Å². The van der Waals surface area contributed by atoms with Crippen LogP contribution < -0.4 is 4.74 Å². The number of fused-ring (bicyclic) bond motifs is 2. The van der Waals surface area contributed by atoms with Crippen LogP contribution in [0, 0.1) is 0 Å². The summed E-state index contributed by atoms with van der Waals surface area (Å²) in [6, 6.07) is 13.3. The average Bonchev–Trinajstić information content (AvgIpc) is 3.36. The van der Waals surface area contributed by atoms with Crippen LogP contribution in [0.2, 0.25) is 0 Å². The Morgan fingerprint density at radius 2 is 2.00 bits per heavy atom. The number of likely N-dealkylation sites (N-methyl/N-ethyl adjacent to an activating group) is 1. The van der Waals surface area contributed by atoms with Crippen molar-refractivity contribution < 1.29 is 4.74 Å². The van der Waals surface area contributed by atoms with Crippen LogP contribution in [0.25, 0.3) is 0 Å². The second-order valence-corrected chi connectivity index (χ2v) is 10.7. The van der Waals surface area contributed by atoms with Crippen molar-refractivity contribution in [2.24, 2.45) is 4.99 Å². The van der Waals surface area contributed by atoms with Gasteiger partial charge in [-0.1, -0.05) is 24.3 Å². The molecule has 1 fully saturated rings. The van der Waals surface area contributed by atoms with Crippen LogP contribution in [0.3, 0.4) is 0 Å². The molecule has 1 aromatic heterocycles. The Kier molecular flexibility index (Phi) is 6.98. The van der Waals surface area contributed by atoms with Crippen molar-refractivity contribution in [3.05, 3.63) is 83.5 Å². The summed E-state index contributed by atoms with van der Waals surface area (Å²) in [5.41, 5.74) is 3.91. The van der Waals surface area contributed by atoms with Gasteiger partial charge in [0.15, 0.2) is 0 Å². The molecule has 0 spiro atoms. The molecular weight excluding hydrogens is 460 g/mol. The summed E-state index contributed by atoms with van der Waals surface area (Å²) in [4.78, 5) is 20.1. The number of nitrogens with zero attached hydrogens (tertiary/aromatic N) is 6. The number of ether oxygens (including phenoxy) is 1. The van der Waals surface area contributed by atoms with Gasteiger partial charge in [0.2, 0.25) is 0 Å². The zero-order valence-corrected chi connectivity index (χ0v) is 22.1. The first-order valence-corrected chi connectivity index (χ1v) is 13.7. The molecule has 0 saturated carbocycles. The summed E-state index contributed by atoms with van der Waals surface area (Å²) in [5, 5.41) is 0. The van der Waals surface area contributed by atoms with Gasteiger partial charge in [0.05, 0.1) is 24.9 Å². The summed E-state index contributed by atoms with van der Waals surface area (Å²) in [6.45, 7) is 7.03. The highest BCUT2D eigenvalue weighted by molar-refractivity contribution is 5.96. The van der Waals surface area contributed by atoms with Crippen LogP contribution in [-0.2, 0) is 13.0 Å². The predicted octanol–water partition coefficient (Wildman–Crippen LogP) is 3.71. The Morgan fingerprint density at radius 1 is 1.11 bits per heavy atom. The molecule has 3 aliphatic heterocycles. The van der Waals surface area contributed by atoms with Crippen molar-refractivity contribution in [3.63, 3.8) is 0 Å². The number of pyridine rings is 1. The van der Waals surface area contributed by atoms with E-state index in [1.54, 1.807) is 7.11 Å². The van der Waals surface area contributed by atoms with Crippen molar-refractivity contribution >= 4 is 5.84 Å². The van der Waals surface area contributed by atoms with Gasteiger partial charge >= 0.3 is 0 Å². The van der Waals surface area contributed by atoms with E-state index in [0.717, 1.165) is 70.2 Å². The molecule has 2 atom stereocenters. The third kappa shape index (κ3) is 5.15. The standard InChI is InChI=1S/C30H38N6O/c1-33-15-17-34(18-16-33)29-13-5-12-28-32-25(22-36(28)29)21-35(20-23-7-3-10-26(19-23)37-2)27-11-4-8-24-9-6-14-31-30(24)27/h3,5-7,9-10,12-14,19,25,27H,4,8,11,15-18,20-22H2,1-2H3/t25?,27-/m0/s1. The Bertz CT molecular complexity index is 1200. The van der Waals surface area contributed by atoms with E-state index >= 15 is 0 Å².